The Bertz CT molecular complexity index is 3290. The van der Waals surface area contributed by atoms with Crippen LogP contribution in [0.25, 0.3) is 110 Å². The zero-order chi connectivity index (χ0) is 35.6. The Morgan fingerprint density at radius 3 is 1.59 bits per heavy atom. The highest BCUT2D eigenvalue weighted by molar-refractivity contribution is 6.10. The molecular weight excluding hydrogens is 661 g/mol. The van der Waals surface area contributed by atoms with Gasteiger partial charge in [0, 0.05) is 55.8 Å². The Labute approximate surface area is 309 Å². The van der Waals surface area contributed by atoms with Gasteiger partial charge in [-0.2, -0.15) is 0 Å². The van der Waals surface area contributed by atoms with Gasteiger partial charge >= 0.3 is 0 Å². The van der Waals surface area contributed by atoms with Crippen LogP contribution in [0.2, 0.25) is 0 Å². The van der Waals surface area contributed by atoms with Crippen LogP contribution in [0, 0.1) is 0 Å². The Morgan fingerprint density at radius 2 is 0.833 bits per heavy atom. The van der Waals surface area contributed by atoms with Crippen molar-refractivity contribution in [2.45, 2.75) is 0 Å². The lowest BCUT2D eigenvalue weighted by molar-refractivity contribution is 1.31. The van der Waals surface area contributed by atoms with Crippen LogP contribution in [-0.2, 0) is 0 Å². The first-order valence-corrected chi connectivity index (χ1v) is 17.9. The van der Waals surface area contributed by atoms with Crippen LogP contribution < -0.4 is 0 Å². The summed E-state index contributed by atoms with van der Waals surface area (Å²) in [6.45, 7) is 0. The van der Waals surface area contributed by atoms with Gasteiger partial charge in [-0.1, -0.05) is 103 Å². The van der Waals surface area contributed by atoms with Crippen LogP contribution in [0.1, 0.15) is 0 Å². The molecule has 0 bridgehead atoms. The van der Waals surface area contributed by atoms with Crippen molar-refractivity contribution in [1.82, 2.24) is 29.9 Å². The third kappa shape index (κ3) is 5.04. The molecule has 6 aromatic heterocycles. The fraction of sp³-hybridized carbons (Fsp3) is 0. The van der Waals surface area contributed by atoms with Crippen molar-refractivity contribution in [1.29, 1.82) is 0 Å². The fourth-order valence-corrected chi connectivity index (χ4v) is 7.56. The highest BCUT2D eigenvalue weighted by atomic mass is 14.8. The number of fused-ring (bicyclic) bond motifs is 8. The van der Waals surface area contributed by atoms with E-state index in [-0.39, 0.29) is 0 Å². The Kier molecular flexibility index (Phi) is 6.75. The van der Waals surface area contributed by atoms with Crippen LogP contribution in [0.5, 0.6) is 0 Å². The molecule has 54 heavy (non-hydrogen) atoms. The lowest BCUT2D eigenvalue weighted by atomic mass is 9.96. The van der Waals surface area contributed by atoms with Gasteiger partial charge in [-0.05, 0) is 65.7 Å². The molecule has 0 aliphatic carbocycles. The zero-order valence-corrected chi connectivity index (χ0v) is 28.8. The van der Waals surface area contributed by atoms with Crippen molar-refractivity contribution < 1.29 is 0 Å². The molecule has 11 rings (SSSR count). The molecule has 0 unspecified atom stereocenters. The molecule has 6 nitrogen and oxygen atoms in total. The summed E-state index contributed by atoms with van der Waals surface area (Å²) in [6, 6.07) is 54.4. The second-order valence-electron chi connectivity index (χ2n) is 13.6. The molecule has 0 fully saturated rings. The van der Waals surface area contributed by atoms with Gasteiger partial charge in [-0.25, -0.2) is 19.9 Å². The minimum Gasteiger partial charge on any atom is -0.254 e. The molecule has 11 aromatic rings. The fourth-order valence-electron chi connectivity index (χ4n) is 7.56. The first-order valence-electron chi connectivity index (χ1n) is 17.9. The van der Waals surface area contributed by atoms with E-state index in [0.29, 0.717) is 0 Å². The molecule has 6 heterocycles. The van der Waals surface area contributed by atoms with Crippen LogP contribution in [-0.4, -0.2) is 29.9 Å². The lowest BCUT2D eigenvalue weighted by Crippen LogP contribution is -1.93. The summed E-state index contributed by atoms with van der Waals surface area (Å²) in [5.74, 6) is 0. The van der Waals surface area contributed by atoms with Gasteiger partial charge in [0.2, 0.25) is 0 Å². The molecular formula is C48H28N6. The largest absolute Gasteiger partial charge is 0.254 e. The molecule has 0 radical (unpaired) electrons. The summed E-state index contributed by atoms with van der Waals surface area (Å²) in [4.78, 5) is 29.9. The second kappa shape index (κ2) is 12.1. The van der Waals surface area contributed by atoms with Gasteiger partial charge in [0.25, 0.3) is 0 Å². The molecule has 0 aliphatic heterocycles. The summed E-state index contributed by atoms with van der Waals surface area (Å²) in [5.41, 5.74) is 13.1. The Hall–Kier alpha value is -7.44. The van der Waals surface area contributed by atoms with Gasteiger partial charge in [0.05, 0.1) is 55.9 Å². The molecule has 0 saturated heterocycles. The topological polar surface area (TPSA) is 77.3 Å². The maximum atomic E-state index is 5.18. The van der Waals surface area contributed by atoms with Gasteiger partial charge in [0.15, 0.2) is 0 Å². The van der Waals surface area contributed by atoms with Crippen molar-refractivity contribution in [3.8, 4) is 45.0 Å². The Balaban J connectivity index is 0.984. The quantitative estimate of drug-likeness (QED) is 0.171. The van der Waals surface area contributed by atoms with Crippen LogP contribution in [0.4, 0.5) is 0 Å². The summed E-state index contributed by atoms with van der Waals surface area (Å²) >= 11 is 0. The van der Waals surface area contributed by atoms with Gasteiger partial charge in [0.1, 0.15) is 0 Å². The number of hydrogen-bond acceptors (Lipinski definition) is 6. The molecule has 250 valence electrons. The highest BCUT2D eigenvalue weighted by Gasteiger charge is 2.13. The summed E-state index contributed by atoms with van der Waals surface area (Å²) in [7, 11) is 0. The third-order valence-corrected chi connectivity index (χ3v) is 10.3. The SMILES string of the molecule is c1ccc(-c2ccc3ccc4ccc(-c5ccc6ccc(-c7ccc8ccc(-c9cc%10cccnc%10c%10ncccc9%10)cc8n7)cc6n5)nc4c3n2)cc1. The molecule has 0 saturated carbocycles. The zero-order valence-electron chi connectivity index (χ0n) is 28.8. The standard InChI is InChI=1S/C48H28N6/c1-2-6-29(7-3-1)39-21-18-32-12-13-33-19-23-42(54-47(33)46(32)53-39)41-22-17-31-11-15-35(28-44(31)52-41)40-20-16-30-10-14-34(27-43(30)51-40)38-26-36-8-4-24-49-45(36)48-37(38)9-5-25-50-48/h1-28H. The number of benzene rings is 5. The second-order valence-corrected chi connectivity index (χ2v) is 13.6. The molecule has 0 N–H and O–H groups in total. The van der Waals surface area contributed by atoms with E-state index in [1.54, 1.807) is 0 Å². The molecule has 0 amide bonds. The van der Waals surface area contributed by atoms with Crippen molar-refractivity contribution >= 4 is 65.4 Å². The maximum Gasteiger partial charge on any atom is 0.0973 e. The summed E-state index contributed by atoms with van der Waals surface area (Å²) in [5, 5.41) is 6.35. The van der Waals surface area contributed by atoms with Crippen LogP contribution >= 0.6 is 0 Å². The van der Waals surface area contributed by atoms with Crippen LogP contribution in [0.3, 0.4) is 0 Å². The van der Waals surface area contributed by atoms with Crippen molar-refractivity contribution in [2.75, 3.05) is 0 Å². The number of aromatic nitrogens is 6. The van der Waals surface area contributed by atoms with E-state index in [1.165, 1.54) is 0 Å². The molecule has 5 aromatic carbocycles. The predicted molar refractivity (Wildman–Crippen MR) is 220 cm³/mol. The van der Waals surface area contributed by atoms with Gasteiger partial charge in [-0.15, -0.1) is 0 Å². The van der Waals surface area contributed by atoms with E-state index in [9.17, 15) is 0 Å². The van der Waals surface area contributed by atoms with E-state index in [2.05, 4.69) is 120 Å². The summed E-state index contributed by atoms with van der Waals surface area (Å²) < 4.78 is 0. The van der Waals surface area contributed by atoms with Crippen molar-refractivity contribution in [2.24, 2.45) is 0 Å². The molecule has 0 spiro atoms. The van der Waals surface area contributed by atoms with Gasteiger partial charge < -0.3 is 0 Å². The third-order valence-electron chi connectivity index (χ3n) is 10.3. The normalized spacial score (nSPS) is 11.7. The van der Waals surface area contributed by atoms with Crippen LogP contribution in [0.15, 0.2) is 170 Å². The molecule has 0 atom stereocenters. The summed E-state index contributed by atoms with van der Waals surface area (Å²) in [6.07, 6.45) is 3.65. The molecule has 6 heteroatoms. The number of pyridine rings is 6. The average molecular weight is 689 g/mol. The maximum absolute atomic E-state index is 5.18. The van der Waals surface area contributed by atoms with E-state index in [4.69, 9.17) is 24.9 Å². The predicted octanol–water partition coefficient (Wildman–Crippen LogP) is 11.6. The number of hydrogen-bond donors (Lipinski definition) is 0. The average Bonchev–Trinajstić information content (AvgIpc) is 3.25. The van der Waals surface area contributed by atoms with Gasteiger partial charge in [-0.3, -0.25) is 9.97 Å². The number of nitrogens with zero attached hydrogens (tertiary/aromatic N) is 6. The first kappa shape index (κ1) is 30.2. The molecule has 0 aliphatic rings. The lowest BCUT2D eigenvalue weighted by Gasteiger charge is -2.11. The van der Waals surface area contributed by atoms with E-state index < -0.39 is 0 Å². The minimum atomic E-state index is 0.803. The van der Waals surface area contributed by atoms with Crippen molar-refractivity contribution in [3.05, 3.63) is 170 Å². The van der Waals surface area contributed by atoms with Crippen molar-refractivity contribution in [3.63, 3.8) is 0 Å². The van der Waals surface area contributed by atoms with E-state index >= 15 is 0 Å². The number of rotatable bonds is 4. The van der Waals surface area contributed by atoms with E-state index in [1.807, 2.05) is 54.9 Å². The first-order chi connectivity index (χ1) is 26.7. The monoisotopic (exact) mass is 688 g/mol. The minimum absolute atomic E-state index is 0.803. The smallest absolute Gasteiger partial charge is 0.0973 e. The Morgan fingerprint density at radius 1 is 0.296 bits per heavy atom. The highest BCUT2D eigenvalue weighted by Crippen LogP contribution is 2.35. The van der Waals surface area contributed by atoms with E-state index in [0.717, 1.165) is 110 Å².